The van der Waals surface area contributed by atoms with Crippen LogP contribution in [0.25, 0.3) is 10.8 Å². The van der Waals surface area contributed by atoms with Crippen LogP contribution in [0.15, 0.2) is 42.3 Å². The third kappa shape index (κ3) is 3.94. The Balaban J connectivity index is 2.50. The molecule has 0 aliphatic heterocycles. The van der Waals surface area contributed by atoms with Gasteiger partial charge in [-0.1, -0.05) is 50.1 Å². The molecule has 2 N–H and O–H groups in total. The van der Waals surface area contributed by atoms with Gasteiger partial charge >= 0.3 is 0 Å². The quantitative estimate of drug-likeness (QED) is 0.845. The molecule has 0 bridgehead atoms. The molecule has 19 heavy (non-hydrogen) atoms. The Hall–Kier alpha value is -1.58. The summed E-state index contributed by atoms with van der Waals surface area (Å²) in [6.45, 7) is 2.92. The number of rotatable bonds is 6. The number of hydrogen-bond acceptors (Lipinski definition) is 3. The molecule has 0 aliphatic carbocycles. The molecule has 0 aliphatic rings. The number of aliphatic hydroxyl groups excluding tert-OH is 1. The summed E-state index contributed by atoms with van der Waals surface area (Å²) < 4.78 is 68.7. The number of benzene rings is 2. The molecule has 2 aromatic carbocycles. The van der Waals surface area contributed by atoms with Crippen molar-refractivity contribution in [2.75, 3.05) is 13.2 Å². The second-order valence-electron chi connectivity index (χ2n) is 4.30. The summed E-state index contributed by atoms with van der Waals surface area (Å²) in [7, 11) is 0. The summed E-state index contributed by atoms with van der Waals surface area (Å²) in [5.74, 6) is -0.276. The molecule has 1 unspecified atom stereocenters. The molecular weight excluding hydrogens is 238 g/mol. The van der Waals surface area contributed by atoms with Crippen LogP contribution in [0, 0.1) is 0 Å². The smallest absolute Gasteiger partial charge is 0.127 e. The first kappa shape index (κ1) is 6.73. The Morgan fingerprint density at radius 3 is 2.79 bits per heavy atom. The number of nitrogens with one attached hydrogen (secondary N) is 1. The van der Waals surface area contributed by atoms with E-state index in [-0.39, 0.29) is 29.7 Å². The summed E-state index contributed by atoms with van der Waals surface area (Å²) in [4.78, 5) is 0. The van der Waals surface area contributed by atoms with Gasteiger partial charge in [0.1, 0.15) is 18.5 Å². The largest absolute Gasteiger partial charge is 0.490 e. The van der Waals surface area contributed by atoms with Crippen LogP contribution < -0.4 is 10.1 Å². The van der Waals surface area contributed by atoms with Crippen LogP contribution in [-0.4, -0.2) is 30.4 Å². The van der Waals surface area contributed by atoms with Crippen molar-refractivity contribution in [1.82, 2.24) is 5.32 Å². The number of hydrogen-bond donors (Lipinski definition) is 2. The Labute approximate surface area is 125 Å². The van der Waals surface area contributed by atoms with E-state index in [0.717, 1.165) is 0 Å². The van der Waals surface area contributed by atoms with Crippen LogP contribution in [0.4, 0.5) is 0 Å². The van der Waals surface area contributed by atoms with Crippen molar-refractivity contribution in [1.29, 1.82) is 0 Å². The van der Waals surface area contributed by atoms with Gasteiger partial charge in [-0.2, -0.15) is 0 Å². The summed E-state index contributed by atoms with van der Waals surface area (Å²) in [5.41, 5.74) is 0. The minimum absolute atomic E-state index is 0.0318. The van der Waals surface area contributed by atoms with E-state index in [2.05, 4.69) is 5.32 Å². The fourth-order valence-corrected chi connectivity index (χ4v) is 1.46. The number of ether oxygens (including phenoxy) is 1. The third-order valence-corrected chi connectivity index (χ3v) is 2.39. The van der Waals surface area contributed by atoms with Gasteiger partial charge in [0.05, 0.1) is 9.60 Å². The normalized spacial score (nSPS) is 19.3. The van der Waals surface area contributed by atoms with Gasteiger partial charge < -0.3 is 15.2 Å². The highest BCUT2D eigenvalue weighted by Gasteiger charge is 2.07. The molecule has 0 heterocycles. The number of fused-ring (bicyclic) bond motifs is 1. The molecule has 1 atom stereocenters. The molecule has 0 saturated heterocycles. The summed E-state index contributed by atoms with van der Waals surface area (Å²) in [6, 6.07) is -4.48. The van der Waals surface area contributed by atoms with E-state index in [4.69, 9.17) is 15.7 Å². The highest BCUT2D eigenvalue weighted by molar-refractivity contribution is 5.88. The molecule has 102 valence electrons. The first-order chi connectivity index (χ1) is 12.4. The zero-order valence-corrected chi connectivity index (χ0v) is 10.8. The minimum atomic E-state index is -1.05. The van der Waals surface area contributed by atoms with Gasteiger partial charge in [0.15, 0.2) is 0 Å². The average molecular weight is 267 g/mol. The fourth-order valence-electron chi connectivity index (χ4n) is 1.46. The topological polar surface area (TPSA) is 41.5 Å². The first-order valence-electron chi connectivity index (χ1n) is 9.92. The van der Waals surface area contributed by atoms with E-state index in [9.17, 15) is 5.11 Å². The summed E-state index contributed by atoms with van der Waals surface area (Å²) in [5, 5.41) is 12.4. The Morgan fingerprint density at radius 2 is 2.00 bits per heavy atom. The van der Waals surface area contributed by atoms with E-state index in [1.165, 1.54) is 0 Å². The zero-order chi connectivity index (χ0) is 20.7. The van der Waals surface area contributed by atoms with Gasteiger partial charge in [-0.25, -0.2) is 0 Å². The SMILES string of the molecule is [2H]c1c([2H])c([2H])c2c(OCC(O)CNC([2H])(C)C)c([2H])c([2H])c([2H])c2c1[2H]. The average Bonchev–Trinajstić information content (AvgIpc) is 2.59. The first-order valence-corrected chi connectivity index (χ1v) is 5.92. The molecule has 0 radical (unpaired) electrons. The maximum absolute atomic E-state index is 10.0. The predicted octanol–water partition coefficient (Wildman–Crippen LogP) is 2.58. The third-order valence-electron chi connectivity index (χ3n) is 2.39. The summed E-state index contributed by atoms with van der Waals surface area (Å²) in [6.07, 6.45) is -1.05. The molecule has 3 heteroatoms. The molecule has 0 saturated carbocycles. The van der Waals surface area contributed by atoms with Crippen LogP contribution in [0.5, 0.6) is 5.75 Å². The highest BCUT2D eigenvalue weighted by atomic mass is 16.5. The van der Waals surface area contributed by atoms with E-state index in [0.29, 0.717) is 0 Å². The molecule has 0 amide bonds. The lowest BCUT2D eigenvalue weighted by Gasteiger charge is -2.15. The van der Waals surface area contributed by atoms with E-state index >= 15 is 0 Å². The second kappa shape index (κ2) is 6.55. The molecule has 2 rings (SSSR count). The molecule has 3 nitrogen and oxygen atoms in total. The monoisotopic (exact) mass is 267 g/mol. The zero-order valence-electron chi connectivity index (χ0n) is 18.8. The van der Waals surface area contributed by atoms with Gasteiger partial charge in [0, 0.05) is 19.3 Å². The van der Waals surface area contributed by atoms with Crippen molar-refractivity contribution < 1.29 is 20.8 Å². The lowest BCUT2D eigenvalue weighted by atomic mass is 10.1. The molecule has 0 aromatic heterocycles. The van der Waals surface area contributed by atoms with Crippen molar-refractivity contribution in [2.45, 2.75) is 26.0 Å². The van der Waals surface area contributed by atoms with Crippen molar-refractivity contribution in [2.24, 2.45) is 0 Å². The van der Waals surface area contributed by atoms with Gasteiger partial charge in [0.2, 0.25) is 0 Å². The van der Waals surface area contributed by atoms with Crippen LogP contribution in [0.1, 0.15) is 24.8 Å². The fraction of sp³-hybridized carbons (Fsp3) is 0.375. The van der Waals surface area contributed by atoms with Crippen LogP contribution in [0.3, 0.4) is 0 Å². The van der Waals surface area contributed by atoms with Gasteiger partial charge in [-0.3, -0.25) is 0 Å². The van der Waals surface area contributed by atoms with Crippen LogP contribution in [0.2, 0.25) is 0 Å². The van der Waals surface area contributed by atoms with Gasteiger partial charge in [-0.05, 0) is 11.4 Å². The Bertz CT molecular complexity index is 874. The van der Waals surface area contributed by atoms with Crippen molar-refractivity contribution in [3.63, 3.8) is 0 Å². The van der Waals surface area contributed by atoms with E-state index in [1.807, 2.05) is 0 Å². The lowest BCUT2D eigenvalue weighted by Crippen LogP contribution is -2.35. The Kier molecular flexibility index (Phi) is 2.32. The number of aliphatic hydroxyl groups is 1. The Morgan fingerprint density at radius 1 is 1.26 bits per heavy atom. The summed E-state index contributed by atoms with van der Waals surface area (Å²) >= 11 is 0. The maximum atomic E-state index is 10.0. The molecular formula is C16H21NO2. The van der Waals surface area contributed by atoms with E-state index < -0.39 is 54.4 Å². The predicted molar refractivity (Wildman–Crippen MR) is 78.6 cm³/mol. The van der Waals surface area contributed by atoms with Crippen molar-refractivity contribution in [3.05, 3.63) is 42.3 Å². The lowest BCUT2D eigenvalue weighted by molar-refractivity contribution is 0.105. The standard InChI is InChI=1S/C16H21NO2/c1-12(2)17-10-14(18)11-19-16-9-5-7-13-6-3-4-8-15(13)16/h3-9,12,14,17-18H,10-11H2,1-2H3/i3D,4D,5D,6D,7D,8D,9D,12D. The van der Waals surface area contributed by atoms with Gasteiger partial charge in [-0.15, -0.1) is 0 Å². The van der Waals surface area contributed by atoms with Crippen LogP contribution in [-0.2, 0) is 0 Å². The highest BCUT2D eigenvalue weighted by Crippen LogP contribution is 2.25. The minimum Gasteiger partial charge on any atom is -0.490 e. The van der Waals surface area contributed by atoms with Crippen LogP contribution >= 0.6 is 0 Å². The van der Waals surface area contributed by atoms with Crippen molar-refractivity contribution in [3.8, 4) is 5.75 Å². The van der Waals surface area contributed by atoms with Crippen molar-refractivity contribution >= 4 is 10.8 Å². The molecule has 2 aromatic rings. The van der Waals surface area contributed by atoms with E-state index in [1.54, 1.807) is 13.8 Å². The van der Waals surface area contributed by atoms with Gasteiger partial charge in [0.25, 0.3) is 0 Å². The second-order valence-corrected chi connectivity index (χ2v) is 4.30. The molecule has 0 spiro atoms. The molecule has 0 fully saturated rings. The maximum Gasteiger partial charge on any atom is 0.127 e.